The zero-order chi connectivity index (χ0) is 27.5. The van der Waals surface area contributed by atoms with E-state index < -0.39 is 42.1 Å². The molecule has 38 heavy (non-hydrogen) atoms. The van der Waals surface area contributed by atoms with Gasteiger partial charge in [0.15, 0.2) is 11.5 Å². The molecule has 0 aromatic heterocycles. The van der Waals surface area contributed by atoms with Crippen molar-refractivity contribution in [1.82, 2.24) is 4.90 Å². The van der Waals surface area contributed by atoms with Crippen molar-refractivity contribution in [2.24, 2.45) is 0 Å². The van der Waals surface area contributed by atoms with Gasteiger partial charge in [0, 0.05) is 6.42 Å². The van der Waals surface area contributed by atoms with Crippen LogP contribution < -0.4 is 0 Å². The Balaban J connectivity index is 1.74. The SMILES string of the molecule is CC(C)(C)OC(=O)N(CCF)C(=N)SC1CC(OCc2ccccc2)C(OCc2ccccc2)C(C=O)O1. The van der Waals surface area contributed by atoms with Crippen LogP contribution in [-0.2, 0) is 37.0 Å². The molecule has 1 fully saturated rings. The van der Waals surface area contributed by atoms with Crippen LogP contribution in [0.15, 0.2) is 60.7 Å². The zero-order valence-electron chi connectivity index (χ0n) is 21.9. The van der Waals surface area contributed by atoms with Crippen LogP contribution in [0.1, 0.15) is 38.3 Å². The Morgan fingerprint density at radius 2 is 1.66 bits per heavy atom. The van der Waals surface area contributed by atoms with Crippen molar-refractivity contribution < 1.29 is 32.9 Å². The summed E-state index contributed by atoms with van der Waals surface area (Å²) in [7, 11) is 0. The first kappa shape index (κ1) is 29.8. The van der Waals surface area contributed by atoms with E-state index in [-0.39, 0.29) is 24.7 Å². The molecule has 4 atom stereocenters. The number of ether oxygens (including phenoxy) is 4. The van der Waals surface area contributed by atoms with E-state index in [4.69, 9.17) is 24.4 Å². The standard InChI is InChI=1S/C28H35FN2O6S/c1-28(2,3)37-27(33)31(15-14-29)26(30)38-24-16-22(34-18-20-10-6-4-7-11-20)25(23(17-32)36-24)35-19-21-12-8-5-9-13-21/h4-13,17,22-25,30H,14-16,18-19H2,1-3H3. The summed E-state index contributed by atoms with van der Waals surface area (Å²) in [6.45, 7) is 4.46. The summed E-state index contributed by atoms with van der Waals surface area (Å²) in [6, 6.07) is 19.2. The maximum atomic E-state index is 13.2. The summed E-state index contributed by atoms with van der Waals surface area (Å²) >= 11 is 0.909. The number of hydrogen-bond acceptors (Lipinski definition) is 8. The lowest BCUT2D eigenvalue weighted by Crippen LogP contribution is -2.51. The van der Waals surface area contributed by atoms with Gasteiger partial charge in [-0.1, -0.05) is 72.4 Å². The topological polar surface area (TPSA) is 98.2 Å². The van der Waals surface area contributed by atoms with Gasteiger partial charge in [-0.15, -0.1) is 0 Å². The minimum atomic E-state index is -0.963. The highest BCUT2D eigenvalue weighted by Gasteiger charge is 2.42. The number of benzene rings is 2. The second-order valence-corrected chi connectivity index (χ2v) is 10.9. The molecule has 3 rings (SSSR count). The quantitative estimate of drug-likeness (QED) is 0.244. The van der Waals surface area contributed by atoms with Crippen molar-refractivity contribution in [3.63, 3.8) is 0 Å². The summed E-state index contributed by atoms with van der Waals surface area (Å²) in [5.74, 6) is 0. The highest BCUT2D eigenvalue weighted by molar-refractivity contribution is 8.14. The first-order valence-electron chi connectivity index (χ1n) is 12.4. The van der Waals surface area contributed by atoms with Gasteiger partial charge in [0.25, 0.3) is 0 Å². The predicted octanol–water partition coefficient (Wildman–Crippen LogP) is 5.35. The fourth-order valence-electron chi connectivity index (χ4n) is 3.80. The molecule has 2 aromatic carbocycles. The Morgan fingerprint density at radius 1 is 1.08 bits per heavy atom. The molecule has 2 aromatic rings. The normalized spacial score (nSPS) is 21.5. The van der Waals surface area contributed by atoms with Crippen LogP contribution in [0.2, 0.25) is 0 Å². The molecule has 4 unspecified atom stereocenters. The summed E-state index contributed by atoms with van der Waals surface area (Å²) in [4.78, 5) is 25.6. The smallest absolute Gasteiger partial charge is 0.416 e. The molecule has 1 aliphatic heterocycles. The summed E-state index contributed by atoms with van der Waals surface area (Å²) in [5, 5.41) is 8.23. The average molecular weight is 547 g/mol. The monoisotopic (exact) mass is 546 g/mol. The van der Waals surface area contributed by atoms with E-state index in [1.165, 1.54) is 0 Å². The number of amides is 1. The largest absolute Gasteiger partial charge is 0.443 e. The van der Waals surface area contributed by atoms with E-state index in [0.29, 0.717) is 12.9 Å². The molecule has 1 N–H and O–H groups in total. The van der Waals surface area contributed by atoms with Crippen molar-refractivity contribution in [2.75, 3.05) is 13.2 Å². The summed E-state index contributed by atoms with van der Waals surface area (Å²) < 4.78 is 36.9. The first-order valence-corrected chi connectivity index (χ1v) is 13.3. The van der Waals surface area contributed by atoms with Gasteiger partial charge in [-0.05, 0) is 31.9 Å². The Hall–Kier alpha value is -2.79. The molecular formula is C28H35FN2O6S. The maximum absolute atomic E-state index is 13.2. The van der Waals surface area contributed by atoms with Gasteiger partial charge in [0.2, 0.25) is 0 Å². The lowest BCUT2D eigenvalue weighted by Gasteiger charge is -2.39. The average Bonchev–Trinajstić information content (AvgIpc) is 2.89. The molecule has 206 valence electrons. The van der Waals surface area contributed by atoms with E-state index in [0.717, 1.165) is 27.8 Å². The number of amidine groups is 1. The number of carbonyl (C=O) groups is 2. The third kappa shape index (κ3) is 9.20. The lowest BCUT2D eigenvalue weighted by molar-refractivity contribution is -0.188. The number of halogens is 1. The molecule has 8 nitrogen and oxygen atoms in total. The van der Waals surface area contributed by atoms with Crippen LogP contribution in [0.4, 0.5) is 9.18 Å². The van der Waals surface area contributed by atoms with Crippen molar-refractivity contribution >= 4 is 29.3 Å². The molecule has 0 spiro atoms. The van der Waals surface area contributed by atoms with Crippen LogP contribution in [0.3, 0.4) is 0 Å². The van der Waals surface area contributed by atoms with Crippen LogP contribution in [-0.4, -0.2) is 65.0 Å². The Kier molecular flexibility index (Phi) is 11.3. The van der Waals surface area contributed by atoms with E-state index in [2.05, 4.69) is 0 Å². The number of nitrogens with one attached hydrogen (secondary N) is 1. The summed E-state index contributed by atoms with van der Waals surface area (Å²) in [6.07, 6.45) is -2.06. The Morgan fingerprint density at radius 3 is 2.18 bits per heavy atom. The molecule has 1 heterocycles. The molecule has 10 heteroatoms. The molecule has 0 radical (unpaired) electrons. The molecule has 1 aliphatic rings. The van der Waals surface area contributed by atoms with Crippen molar-refractivity contribution in [1.29, 1.82) is 5.41 Å². The Labute approximate surface area is 227 Å². The molecular weight excluding hydrogens is 511 g/mol. The minimum absolute atomic E-state index is 0.239. The molecule has 0 saturated carbocycles. The first-order chi connectivity index (χ1) is 18.2. The number of hydrogen-bond donors (Lipinski definition) is 1. The predicted molar refractivity (Wildman–Crippen MR) is 144 cm³/mol. The highest BCUT2D eigenvalue weighted by atomic mass is 32.2. The number of carbonyl (C=O) groups excluding carboxylic acids is 2. The van der Waals surface area contributed by atoms with Crippen molar-refractivity contribution in [3.05, 3.63) is 71.8 Å². The fourth-order valence-corrected chi connectivity index (χ4v) is 4.82. The third-order valence-electron chi connectivity index (χ3n) is 5.56. The lowest BCUT2D eigenvalue weighted by atomic mass is 10.0. The summed E-state index contributed by atoms with van der Waals surface area (Å²) in [5.41, 5.74) is 0.385. The van der Waals surface area contributed by atoms with E-state index in [9.17, 15) is 14.0 Å². The van der Waals surface area contributed by atoms with Gasteiger partial charge in [-0.25, -0.2) is 9.18 Å². The second-order valence-electron chi connectivity index (χ2n) is 9.74. The molecule has 1 saturated heterocycles. The van der Waals surface area contributed by atoms with Crippen LogP contribution in [0.25, 0.3) is 0 Å². The van der Waals surface area contributed by atoms with Crippen molar-refractivity contribution in [2.45, 2.75) is 69.8 Å². The van der Waals surface area contributed by atoms with Gasteiger partial charge in [-0.3, -0.25) is 10.3 Å². The van der Waals surface area contributed by atoms with E-state index in [1.54, 1.807) is 20.8 Å². The highest BCUT2D eigenvalue weighted by Crippen LogP contribution is 2.33. The number of thioether (sulfide) groups is 1. The second kappa shape index (κ2) is 14.4. The van der Waals surface area contributed by atoms with E-state index >= 15 is 0 Å². The van der Waals surface area contributed by atoms with Gasteiger partial charge >= 0.3 is 6.09 Å². The Bertz CT molecular complexity index is 1040. The third-order valence-corrected chi connectivity index (χ3v) is 6.57. The fraction of sp³-hybridized carbons (Fsp3) is 0.464. The number of nitrogens with zero attached hydrogens (tertiary/aromatic N) is 1. The van der Waals surface area contributed by atoms with Crippen LogP contribution in [0.5, 0.6) is 0 Å². The number of aldehydes is 1. The van der Waals surface area contributed by atoms with E-state index in [1.807, 2.05) is 60.7 Å². The van der Waals surface area contributed by atoms with Gasteiger partial charge < -0.3 is 23.7 Å². The molecule has 1 amide bonds. The number of rotatable bonds is 10. The van der Waals surface area contributed by atoms with Crippen LogP contribution >= 0.6 is 11.8 Å². The van der Waals surface area contributed by atoms with Gasteiger partial charge in [0.1, 0.15) is 29.9 Å². The molecule has 0 bridgehead atoms. The zero-order valence-corrected chi connectivity index (χ0v) is 22.7. The van der Waals surface area contributed by atoms with Crippen molar-refractivity contribution in [3.8, 4) is 0 Å². The van der Waals surface area contributed by atoms with Crippen LogP contribution in [0, 0.1) is 5.41 Å². The minimum Gasteiger partial charge on any atom is -0.443 e. The maximum Gasteiger partial charge on any atom is 0.416 e. The van der Waals surface area contributed by atoms with Gasteiger partial charge in [-0.2, -0.15) is 0 Å². The number of alkyl halides is 1. The molecule has 0 aliphatic carbocycles. The van der Waals surface area contributed by atoms with Gasteiger partial charge in [0.05, 0.1) is 25.9 Å².